The Bertz CT molecular complexity index is 358. The van der Waals surface area contributed by atoms with Crippen LogP contribution in [0.5, 0.6) is 0 Å². The number of nitrogens with zero attached hydrogens (tertiary/aromatic N) is 1. The first-order chi connectivity index (χ1) is 7.95. The van der Waals surface area contributed by atoms with E-state index in [1.54, 1.807) is 26.0 Å². The van der Waals surface area contributed by atoms with Crippen molar-refractivity contribution in [2.24, 2.45) is 11.3 Å². The van der Waals surface area contributed by atoms with Gasteiger partial charge in [-0.2, -0.15) is 0 Å². The third-order valence-corrected chi connectivity index (χ3v) is 2.90. The van der Waals surface area contributed by atoms with Crippen LogP contribution < -0.4 is 34.9 Å². The summed E-state index contributed by atoms with van der Waals surface area (Å²) in [5.41, 5.74) is -1.33. The molecule has 0 aliphatic carbocycles. The molecule has 1 saturated heterocycles. The van der Waals surface area contributed by atoms with Gasteiger partial charge in [0.25, 0.3) is 0 Å². The number of barbiturate groups is 1. The van der Waals surface area contributed by atoms with Crippen molar-refractivity contribution in [3.63, 3.8) is 0 Å². The van der Waals surface area contributed by atoms with Gasteiger partial charge >= 0.3 is 29.6 Å². The van der Waals surface area contributed by atoms with Crippen LogP contribution in [0.15, 0.2) is 12.2 Å². The zero-order valence-corrected chi connectivity index (χ0v) is 13.3. The molecule has 1 aliphatic heterocycles. The standard InChI is InChI=1S/C12H18N2O3.Na/c1-4-5-6-7-12(8(2)3)9(15)13-11(17)14-10(12)16;/h6-8H,4-5H2,1-3H3,(H2,13,14,15,16,17);/q;+1/p-1/b7-6+;. The van der Waals surface area contributed by atoms with Gasteiger partial charge in [-0.1, -0.05) is 39.3 Å². The maximum absolute atomic E-state index is 11.9. The Hall–Kier alpha value is -0.650. The largest absolute Gasteiger partial charge is 1.00 e. The van der Waals surface area contributed by atoms with E-state index in [0.717, 1.165) is 12.8 Å². The van der Waals surface area contributed by atoms with Crippen molar-refractivity contribution in [2.45, 2.75) is 33.6 Å². The van der Waals surface area contributed by atoms with E-state index in [9.17, 15) is 14.4 Å². The van der Waals surface area contributed by atoms with Crippen LogP contribution in [-0.4, -0.2) is 17.8 Å². The first kappa shape index (κ1) is 17.4. The average Bonchev–Trinajstić information content (AvgIpc) is 2.21. The minimum absolute atomic E-state index is 0. The van der Waals surface area contributed by atoms with Crippen LogP contribution in [0.25, 0.3) is 5.32 Å². The predicted molar refractivity (Wildman–Crippen MR) is 63.2 cm³/mol. The Morgan fingerprint density at radius 2 is 1.94 bits per heavy atom. The molecule has 0 radical (unpaired) electrons. The molecular formula is C12H17N2NaO3. The Morgan fingerprint density at radius 1 is 1.33 bits per heavy atom. The second kappa shape index (κ2) is 7.07. The second-order valence-corrected chi connectivity index (χ2v) is 4.39. The Kier molecular flexibility index (Phi) is 6.81. The summed E-state index contributed by atoms with van der Waals surface area (Å²) < 4.78 is 0. The van der Waals surface area contributed by atoms with Crippen LogP contribution >= 0.6 is 0 Å². The number of nitrogens with one attached hydrogen (secondary N) is 1. The number of urea groups is 1. The van der Waals surface area contributed by atoms with Gasteiger partial charge in [-0.15, -0.1) is 0 Å². The number of allylic oxidation sites excluding steroid dienone is 1. The molecule has 18 heavy (non-hydrogen) atoms. The predicted octanol–water partition coefficient (Wildman–Crippen LogP) is -0.861. The molecule has 94 valence electrons. The summed E-state index contributed by atoms with van der Waals surface area (Å²) in [7, 11) is 0. The number of hydrogen-bond acceptors (Lipinski definition) is 3. The minimum Gasteiger partial charge on any atom is -0.394 e. The van der Waals surface area contributed by atoms with Crippen LogP contribution in [0.3, 0.4) is 0 Å². The molecule has 0 aromatic carbocycles. The molecule has 1 N–H and O–H groups in total. The normalized spacial score (nSPS) is 23.9. The first-order valence-electron chi connectivity index (χ1n) is 5.74. The van der Waals surface area contributed by atoms with Crippen molar-refractivity contribution in [3.05, 3.63) is 17.5 Å². The third-order valence-electron chi connectivity index (χ3n) is 2.90. The monoisotopic (exact) mass is 260 g/mol. The fourth-order valence-corrected chi connectivity index (χ4v) is 1.79. The molecule has 1 aliphatic rings. The number of carbonyl (C=O) groups excluding carboxylic acids is 3. The van der Waals surface area contributed by atoms with E-state index in [0.29, 0.717) is 0 Å². The molecule has 0 aromatic rings. The van der Waals surface area contributed by atoms with Gasteiger partial charge in [0.05, 0.1) is 0 Å². The smallest absolute Gasteiger partial charge is 0.394 e. The number of imide groups is 2. The first-order valence-corrected chi connectivity index (χ1v) is 5.74. The summed E-state index contributed by atoms with van der Waals surface area (Å²) in [4.78, 5) is 34.8. The van der Waals surface area contributed by atoms with Crippen LogP contribution in [0.2, 0.25) is 0 Å². The van der Waals surface area contributed by atoms with Gasteiger partial charge in [-0.25, -0.2) is 0 Å². The number of hydrogen-bond donors (Lipinski definition) is 1. The zero-order chi connectivity index (χ0) is 13.1. The topological polar surface area (TPSA) is 77.3 Å². The maximum atomic E-state index is 11.9. The van der Waals surface area contributed by atoms with Gasteiger partial charge in [0, 0.05) is 0 Å². The Labute approximate surface area is 129 Å². The summed E-state index contributed by atoms with van der Waals surface area (Å²) >= 11 is 0. The summed E-state index contributed by atoms with van der Waals surface area (Å²) in [5, 5.41) is 5.42. The number of amides is 4. The fraction of sp³-hybridized carbons (Fsp3) is 0.583. The van der Waals surface area contributed by atoms with Crippen molar-refractivity contribution < 1.29 is 43.9 Å². The van der Waals surface area contributed by atoms with Gasteiger partial charge < -0.3 is 10.6 Å². The molecule has 5 nitrogen and oxygen atoms in total. The second-order valence-electron chi connectivity index (χ2n) is 4.39. The van der Waals surface area contributed by atoms with E-state index in [1.165, 1.54) is 0 Å². The van der Waals surface area contributed by atoms with Crippen LogP contribution in [0, 0.1) is 11.3 Å². The molecule has 0 bridgehead atoms. The van der Waals surface area contributed by atoms with Gasteiger partial charge in [0.15, 0.2) is 17.8 Å². The molecule has 1 unspecified atom stereocenters. The number of carbonyl (C=O) groups is 3. The molecule has 1 fully saturated rings. The van der Waals surface area contributed by atoms with E-state index >= 15 is 0 Å². The maximum Gasteiger partial charge on any atom is 1.00 e. The number of rotatable bonds is 4. The van der Waals surface area contributed by atoms with E-state index in [1.807, 2.05) is 6.92 Å². The van der Waals surface area contributed by atoms with Gasteiger partial charge in [0.2, 0.25) is 0 Å². The molecule has 4 amide bonds. The van der Waals surface area contributed by atoms with Crippen LogP contribution in [0.4, 0.5) is 4.79 Å². The van der Waals surface area contributed by atoms with E-state index in [-0.39, 0.29) is 35.5 Å². The molecular weight excluding hydrogens is 243 g/mol. The van der Waals surface area contributed by atoms with Crippen molar-refractivity contribution in [1.29, 1.82) is 0 Å². The molecule has 1 atom stereocenters. The van der Waals surface area contributed by atoms with Crippen molar-refractivity contribution >= 4 is 17.8 Å². The summed E-state index contributed by atoms with van der Waals surface area (Å²) in [6, 6.07) is -0.875. The number of unbranched alkanes of at least 4 members (excludes halogenated alkanes) is 1. The van der Waals surface area contributed by atoms with E-state index in [2.05, 4.69) is 10.6 Å². The van der Waals surface area contributed by atoms with Gasteiger partial charge in [0.1, 0.15) is 5.41 Å². The Morgan fingerprint density at radius 3 is 2.39 bits per heavy atom. The quantitative estimate of drug-likeness (QED) is 0.406. The zero-order valence-electron chi connectivity index (χ0n) is 11.3. The molecule has 0 spiro atoms. The molecule has 6 heteroatoms. The fourth-order valence-electron chi connectivity index (χ4n) is 1.79. The molecule has 1 heterocycles. The summed E-state index contributed by atoms with van der Waals surface area (Å²) in [5.74, 6) is -1.50. The average molecular weight is 260 g/mol. The molecule has 0 aromatic heterocycles. The van der Waals surface area contributed by atoms with Gasteiger partial charge in [-0.05, 0) is 12.3 Å². The van der Waals surface area contributed by atoms with Crippen molar-refractivity contribution in [2.75, 3.05) is 0 Å². The van der Waals surface area contributed by atoms with Crippen molar-refractivity contribution in [3.8, 4) is 0 Å². The van der Waals surface area contributed by atoms with E-state index < -0.39 is 23.3 Å². The Balaban J connectivity index is 0.00000289. The SMILES string of the molecule is CCC/C=C/C1(C(C)C)C(=O)[N-]C(=O)NC1=O.[Na+]. The van der Waals surface area contributed by atoms with Crippen LogP contribution in [0.1, 0.15) is 33.6 Å². The molecule has 1 rings (SSSR count). The van der Waals surface area contributed by atoms with Crippen molar-refractivity contribution in [1.82, 2.24) is 5.32 Å². The van der Waals surface area contributed by atoms with Gasteiger partial charge in [-0.3, -0.25) is 14.4 Å². The molecule has 0 saturated carbocycles. The summed E-state index contributed by atoms with van der Waals surface area (Å²) in [6.07, 6.45) is 5.08. The minimum atomic E-state index is -1.33. The third kappa shape index (κ3) is 3.22. The van der Waals surface area contributed by atoms with E-state index in [4.69, 9.17) is 0 Å². The summed E-state index contributed by atoms with van der Waals surface area (Å²) in [6.45, 7) is 5.53. The van der Waals surface area contributed by atoms with Crippen LogP contribution in [-0.2, 0) is 9.59 Å².